The van der Waals surface area contributed by atoms with E-state index in [2.05, 4.69) is 26.9 Å². The predicted molar refractivity (Wildman–Crippen MR) is 105 cm³/mol. The molecule has 0 atom stereocenters. The molecule has 1 saturated heterocycles. The number of benzene rings is 2. The molecule has 3 nitrogen and oxygen atoms in total. The number of likely N-dealkylation sites (tertiary alicyclic amines) is 1. The van der Waals surface area contributed by atoms with Crippen molar-refractivity contribution in [3.63, 3.8) is 0 Å². The minimum atomic E-state index is 0.0281. The number of aromatic nitrogens is 1. The Bertz CT molecular complexity index is 895. The number of hydrogen-bond donors (Lipinski definition) is 0. The number of carbonyl (C=O) groups excluding carboxylic acids is 1. The third kappa shape index (κ3) is 3.42. The molecule has 4 rings (SSSR count). The summed E-state index contributed by atoms with van der Waals surface area (Å²) in [5.41, 5.74) is 2.94. The SMILES string of the molecule is O=C(c1ccccc1)n1cc(CCN2CCCC2)c2cc(Br)ccc21. The lowest BCUT2D eigenvalue weighted by molar-refractivity contribution is 0.0965. The van der Waals surface area contributed by atoms with Crippen molar-refractivity contribution < 1.29 is 4.79 Å². The van der Waals surface area contributed by atoms with Crippen LogP contribution in [0.3, 0.4) is 0 Å². The van der Waals surface area contributed by atoms with Crippen LogP contribution < -0.4 is 0 Å². The second-order valence-electron chi connectivity index (χ2n) is 6.66. The van der Waals surface area contributed by atoms with E-state index in [1.165, 1.54) is 31.5 Å². The van der Waals surface area contributed by atoms with E-state index >= 15 is 0 Å². The minimum Gasteiger partial charge on any atom is -0.303 e. The molecule has 0 N–H and O–H groups in total. The van der Waals surface area contributed by atoms with Gasteiger partial charge in [-0.3, -0.25) is 9.36 Å². The molecule has 0 amide bonds. The summed E-state index contributed by atoms with van der Waals surface area (Å²) < 4.78 is 2.85. The van der Waals surface area contributed by atoms with Gasteiger partial charge in [0.2, 0.25) is 0 Å². The Kier molecular flexibility index (Phi) is 4.73. The first-order valence-corrected chi connectivity index (χ1v) is 9.63. The molecule has 128 valence electrons. The van der Waals surface area contributed by atoms with Crippen molar-refractivity contribution in [3.8, 4) is 0 Å². The maximum atomic E-state index is 13.0. The highest BCUT2D eigenvalue weighted by atomic mass is 79.9. The summed E-state index contributed by atoms with van der Waals surface area (Å²) in [7, 11) is 0. The highest BCUT2D eigenvalue weighted by molar-refractivity contribution is 9.10. The monoisotopic (exact) mass is 396 g/mol. The maximum absolute atomic E-state index is 13.0. The summed E-state index contributed by atoms with van der Waals surface area (Å²) in [6, 6.07) is 15.6. The summed E-state index contributed by atoms with van der Waals surface area (Å²) >= 11 is 3.57. The quantitative estimate of drug-likeness (QED) is 0.636. The van der Waals surface area contributed by atoms with Gasteiger partial charge in [-0.25, -0.2) is 0 Å². The molecule has 0 saturated carbocycles. The van der Waals surface area contributed by atoms with Gasteiger partial charge in [0.15, 0.2) is 0 Å². The Morgan fingerprint density at radius 1 is 1.04 bits per heavy atom. The van der Waals surface area contributed by atoms with Crippen molar-refractivity contribution >= 4 is 32.7 Å². The van der Waals surface area contributed by atoms with Crippen molar-refractivity contribution in [3.05, 3.63) is 70.3 Å². The lowest BCUT2D eigenvalue weighted by Gasteiger charge is -2.13. The van der Waals surface area contributed by atoms with Gasteiger partial charge in [0.05, 0.1) is 5.52 Å². The lowest BCUT2D eigenvalue weighted by atomic mass is 10.1. The zero-order valence-electron chi connectivity index (χ0n) is 14.1. The van der Waals surface area contributed by atoms with Crippen LogP contribution in [0.2, 0.25) is 0 Å². The van der Waals surface area contributed by atoms with Crippen LogP contribution in [0.1, 0.15) is 28.8 Å². The number of nitrogens with zero attached hydrogens (tertiary/aromatic N) is 2. The normalized spacial score (nSPS) is 15.1. The van der Waals surface area contributed by atoms with E-state index in [9.17, 15) is 4.79 Å². The predicted octanol–water partition coefficient (Wildman–Crippen LogP) is 4.73. The summed E-state index contributed by atoms with van der Waals surface area (Å²) in [6.07, 6.45) is 5.62. The highest BCUT2D eigenvalue weighted by Gasteiger charge is 2.17. The van der Waals surface area contributed by atoms with Crippen LogP contribution >= 0.6 is 15.9 Å². The molecule has 25 heavy (non-hydrogen) atoms. The Morgan fingerprint density at radius 2 is 1.80 bits per heavy atom. The van der Waals surface area contributed by atoms with Gasteiger partial charge in [-0.2, -0.15) is 0 Å². The Labute approximate surface area is 156 Å². The molecule has 1 aliphatic heterocycles. The molecule has 4 heteroatoms. The summed E-state index contributed by atoms with van der Waals surface area (Å²) in [6.45, 7) is 3.46. The first-order chi connectivity index (χ1) is 12.2. The van der Waals surface area contributed by atoms with E-state index in [4.69, 9.17) is 0 Å². The fourth-order valence-corrected chi connectivity index (χ4v) is 4.00. The summed E-state index contributed by atoms with van der Waals surface area (Å²) in [5.74, 6) is 0.0281. The topological polar surface area (TPSA) is 25.2 Å². The number of hydrogen-bond acceptors (Lipinski definition) is 2. The molecule has 1 fully saturated rings. The van der Waals surface area contributed by atoms with E-state index < -0.39 is 0 Å². The molecule has 2 aromatic carbocycles. The third-order valence-electron chi connectivity index (χ3n) is 4.98. The third-order valence-corrected chi connectivity index (χ3v) is 5.48. The van der Waals surface area contributed by atoms with Gasteiger partial charge in [-0.05, 0) is 68.2 Å². The molecule has 0 spiro atoms. The average Bonchev–Trinajstić information content (AvgIpc) is 3.27. The Hall–Kier alpha value is -1.91. The van der Waals surface area contributed by atoms with Crippen LogP contribution in [-0.2, 0) is 6.42 Å². The van der Waals surface area contributed by atoms with E-state index in [0.717, 1.165) is 28.3 Å². The number of rotatable bonds is 4. The minimum absolute atomic E-state index is 0.0281. The van der Waals surface area contributed by atoms with Gasteiger partial charge in [0.1, 0.15) is 0 Å². The molecule has 0 unspecified atom stereocenters. The second kappa shape index (κ2) is 7.14. The number of carbonyl (C=O) groups is 1. The molecule has 2 heterocycles. The lowest BCUT2D eigenvalue weighted by Crippen LogP contribution is -2.21. The second-order valence-corrected chi connectivity index (χ2v) is 7.57. The Balaban J connectivity index is 1.70. The van der Waals surface area contributed by atoms with E-state index in [-0.39, 0.29) is 5.91 Å². The zero-order chi connectivity index (χ0) is 17.2. The molecule has 0 radical (unpaired) electrons. The first-order valence-electron chi connectivity index (χ1n) is 8.84. The summed E-state index contributed by atoms with van der Waals surface area (Å²) in [5, 5.41) is 1.16. The first kappa shape index (κ1) is 16.6. The average molecular weight is 397 g/mol. The van der Waals surface area contributed by atoms with Crippen LogP contribution in [0.15, 0.2) is 59.2 Å². The van der Waals surface area contributed by atoms with Crippen molar-refractivity contribution in [1.82, 2.24) is 9.47 Å². The van der Waals surface area contributed by atoms with Crippen LogP contribution in [0, 0.1) is 0 Å². The van der Waals surface area contributed by atoms with Crippen LogP contribution in [0.4, 0.5) is 0 Å². The molecule has 0 bridgehead atoms. The van der Waals surface area contributed by atoms with E-state index in [1.807, 2.05) is 48.7 Å². The van der Waals surface area contributed by atoms with Gasteiger partial charge in [-0.15, -0.1) is 0 Å². The van der Waals surface area contributed by atoms with Crippen LogP contribution in [-0.4, -0.2) is 35.0 Å². The van der Waals surface area contributed by atoms with Crippen molar-refractivity contribution in [2.24, 2.45) is 0 Å². The van der Waals surface area contributed by atoms with Crippen LogP contribution in [0.5, 0.6) is 0 Å². The fourth-order valence-electron chi connectivity index (χ4n) is 3.64. The van der Waals surface area contributed by atoms with Gasteiger partial charge >= 0.3 is 0 Å². The van der Waals surface area contributed by atoms with Gasteiger partial charge in [0, 0.05) is 28.2 Å². The molecule has 1 aliphatic rings. The fraction of sp³-hybridized carbons (Fsp3) is 0.286. The number of fused-ring (bicyclic) bond motifs is 1. The summed E-state index contributed by atoms with van der Waals surface area (Å²) in [4.78, 5) is 15.5. The van der Waals surface area contributed by atoms with Crippen molar-refractivity contribution in [1.29, 1.82) is 0 Å². The zero-order valence-corrected chi connectivity index (χ0v) is 15.7. The Morgan fingerprint density at radius 3 is 2.56 bits per heavy atom. The highest BCUT2D eigenvalue weighted by Crippen LogP contribution is 2.27. The van der Waals surface area contributed by atoms with E-state index in [1.54, 1.807) is 4.57 Å². The molecular weight excluding hydrogens is 376 g/mol. The van der Waals surface area contributed by atoms with Gasteiger partial charge in [0.25, 0.3) is 5.91 Å². The largest absolute Gasteiger partial charge is 0.303 e. The molecule has 0 aliphatic carbocycles. The molecular formula is C21H21BrN2O. The van der Waals surface area contributed by atoms with Crippen molar-refractivity contribution in [2.75, 3.05) is 19.6 Å². The molecule has 3 aromatic rings. The number of halogens is 1. The van der Waals surface area contributed by atoms with Gasteiger partial charge in [-0.1, -0.05) is 34.1 Å². The maximum Gasteiger partial charge on any atom is 0.262 e. The van der Waals surface area contributed by atoms with E-state index in [0.29, 0.717) is 5.56 Å². The molecule has 1 aromatic heterocycles. The smallest absolute Gasteiger partial charge is 0.262 e. The van der Waals surface area contributed by atoms with Gasteiger partial charge < -0.3 is 4.90 Å². The van der Waals surface area contributed by atoms with Crippen LogP contribution in [0.25, 0.3) is 10.9 Å². The van der Waals surface area contributed by atoms with Crippen molar-refractivity contribution in [2.45, 2.75) is 19.3 Å². The standard InChI is InChI=1S/C21H21BrN2O/c22-18-8-9-20-19(14-18)17(10-13-23-11-4-5-12-23)15-24(20)21(25)16-6-2-1-3-7-16/h1-3,6-9,14-15H,4-5,10-13H2.